The number of hydrogen-bond donors (Lipinski definition) is 1. The molecule has 1 aromatic carbocycles. The molecule has 2 N–H and O–H groups in total. The van der Waals surface area contributed by atoms with Crippen LogP contribution in [-0.4, -0.2) is 17.9 Å². The summed E-state index contributed by atoms with van der Waals surface area (Å²) in [6.45, 7) is 2.28. The minimum absolute atomic E-state index is 0.133. The molecule has 0 aliphatic rings. The van der Waals surface area contributed by atoms with E-state index in [4.69, 9.17) is 10.5 Å². The first kappa shape index (κ1) is 12.7. The number of aromatic nitrogens is 1. The average Bonchev–Trinajstić information content (AvgIpc) is 2.86. The molecule has 0 unspecified atom stereocenters. The second kappa shape index (κ2) is 5.29. The second-order valence-corrected chi connectivity index (χ2v) is 4.81. The molecule has 0 radical (unpaired) electrons. The highest BCUT2D eigenvalue weighted by Crippen LogP contribution is 2.23. The number of carbonyl (C=O) groups is 1. The van der Waals surface area contributed by atoms with Crippen LogP contribution >= 0.6 is 11.3 Å². The Hall–Kier alpha value is -1.72. The molecule has 0 aliphatic carbocycles. The van der Waals surface area contributed by atoms with E-state index in [0.29, 0.717) is 23.6 Å². The highest BCUT2D eigenvalue weighted by Gasteiger charge is 2.17. The summed E-state index contributed by atoms with van der Waals surface area (Å²) in [5.41, 5.74) is 7.46. The van der Waals surface area contributed by atoms with Crippen molar-refractivity contribution in [2.75, 3.05) is 7.11 Å². The molecule has 0 spiro atoms. The molecule has 2 aromatic rings. The van der Waals surface area contributed by atoms with Gasteiger partial charge in [0, 0.05) is 11.9 Å². The fourth-order valence-electron chi connectivity index (χ4n) is 1.65. The molecule has 4 nitrogen and oxygen atoms in total. The minimum Gasteiger partial charge on any atom is -0.496 e. The molecule has 18 heavy (non-hydrogen) atoms. The molecule has 94 valence electrons. The second-order valence-electron chi connectivity index (χ2n) is 3.86. The summed E-state index contributed by atoms with van der Waals surface area (Å²) >= 11 is 1.39. The van der Waals surface area contributed by atoms with Crippen LogP contribution in [-0.2, 0) is 6.54 Å². The predicted molar refractivity (Wildman–Crippen MR) is 71.2 cm³/mol. The highest BCUT2D eigenvalue weighted by atomic mass is 32.1. The van der Waals surface area contributed by atoms with Crippen molar-refractivity contribution in [3.05, 3.63) is 45.4 Å². The van der Waals surface area contributed by atoms with E-state index in [1.54, 1.807) is 18.6 Å². The SMILES string of the molecule is COc1ccc(C)cc1C(=O)c1csc(CN)n1. The van der Waals surface area contributed by atoms with Gasteiger partial charge in [-0.15, -0.1) is 11.3 Å². The molecule has 0 amide bonds. The maximum atomic E-state index is 12.3. The van der Waals surface area contributed by atoms with Crippen molar-refractivity contribution in [3.63, 3.8) is 0 Å². The van der Waals surface area contributed by atoms with E-state index in [1.807, 2.05) is 19.1 Å². The van der Waals surface area contributed by atoms with Gasteiger partial charge in [-0.3, -0.25) is 4.79 Å². The molecule has 2 rings (SSSR count). The summed E-state index contributed by atoms with van der Waals surface area (Å²) in [5.74, 6) is 0.430. The number of nitrogens with two attached hydrogens (primary N) is 1. The van der Waals surface area contributed by atoms with E-state index in [0.717, 1.165) is 10.6 Å². The summed E-state index contributed by atoms with van der Waals surface area (Å²) in [6.07, 6.45) is 0. The molecule has 0 saturated carbocycles. The fourth-order valence-corrected chi connectivity index (χ4v) is 2.30. The average molecular weight is 262 g/mol. The number of benzene rings is 1. The molecule has 0 fully saturated rings. The van der Waals surface area contributed by atoms with Gasteiger partial charge in [-0.1, -0.05) is 11.6 Å². The van der Waals surface area contributed by atoms with Crippen LogP contribution in [0.2, 0.25) is 0 Å². The van der Waals surface area contributed by atoms with Crippen LogP contribution in [0, 0.1) is 6.92 Å². The summed E-state index contributed by atoms with van der Waals surface area (Å²) in [4.78, 5) is 16.5. The zero-order valence-electron chi connectivity index (χ0n) is 10.3. The van der Waals surface area contributed by atoms with Crippen molar-refractivity contribution in [2.45, 2.75) is 13.5 Å². The Labute approximate surface area is 109 Å². The van der Waals surface area contributed by atoms with Crippen molar-refractivity contribution in [2.24, 2.45) is 5.73 Å². The Balaban J connectivity index is 2.41. The Bertz CT molecular complexity index is 578. The van der Waals surface area contributed by atoms with Crippen LogP contribution in [0.4, 0.5) is 0 Å². The molecule has 1 aromatic heterocycles. The molecule has 1 heterocycles. The van der Waals surface area contributed by atoms with Crippen LogP contribution in [0.15, 0.2) is 23.6 Å². The van der Waals surface area contributed by atoms with Crippen molar-refractivity contribution in [3.8, 4) is 5.75 Å². The lowest BCUT2D eigenvalue weighted by Gasteiger charge is -2.07. The Morgan fingerprint density at radius 1 is 1.50 bits per heavy atom. The van der Waals surface area contributed by atoms with E-state index >= 15 is 0 Å². The Kier molecular flexibility index (Phi) is 3.74. The molecule has 5 heteroatoms. The zero-order chi connectivity index (χ0) is 13.1. The quantitative estimate of drug-likeness (QED) is 0.857. The fraction of sp³-hybridized carbons (Fsp3) is 0.231. The summed E-state index contributed by atoms with van der Waals surface area (Å²) in [6, 6.07) is 5.50. The summed E-state index contributed by atoms with van der Waals surface area (Å²) < 4.78 is 5.21. The Morgan fingerprint density at radius 3 is 2.89 bits per heavy atom. The first-order valence-electron chi connectivity index (χ1n) is 5.49. The lowest BCUT2D eigenvalue weighted by atomic mass is 10.0. The maximum Gasteiger partial charge on any atom is 0.215 e. The van der Waals surface area contributed by atoms with Crippen molar-refractivity contribution in [1.29, 1.82) is 0 Å². The lowest BCUT2D eigenvalue weighted by molar-refractivity contribution is 0.103. The standard InChI is InChI=1S/C13H14N2O2S/c1-8-3-4-11(17-2)9(5-8)13(16)10-7-18-12(6-14)15-10/h3-5,7H,6,14H2,1-2H3. The molecular formula is C13H14N2O2S. The van der Waals surface area contributed by atoms with Crippen molar-refractivity contribution >= 4 is 17.1 Å². The summed E-state index contributed by atoms with van der Waals surface area (Å²) in [7, 11) is 1.55. The van der Waals surface area contributed by atoms with Crippen LogP contribution in [0.5, 0.6) is 5.75 Å². The van der Waals surface area contributed by atoms with Crippen molar-refractivity contribution < 1.29 is 9.53 Å². The number of nitrogens with zero attached hydrogens (tertiary/aromatic N) is 1. The van der Waals surface area contributed by atoms with Crippen LogP contribution in [0.1, 0.15) is 26.6 Å². The first-order valence-corrected chi connectivity index (χ1v) is 6.37. The van der Waals surface area contributed by atoms with Gasteiger partial charge in [-0.25, -0.2) is 4.98 Å². The van der Waals surface area contributed by atoms with E-state index in [9.17, 15) is 4.79 Å². The largest absolute Gasteiger partial charge is 0.496 e. The highest BCUT2D eigenvalue weighted by molar-refractivity contribution is 7.09. The first-order chi connectivity index (χ1) is 8.65. The third-order valence-electron chi connectivity index (χ3n) is 2.56. The zero-order valence-corrected chi connectivity index (χ0v) is 11.1. The molecule has 0 saturated heterocycles. The number of thiazole rings is 1. The molecule has 0 aliphatic heterocycles. The van der Waals surface area contributed by atoms with Crippen LogP contribution in [0.25, 0.3) is 0 Å². The number of methoxy groups -OCH3 is 1. The minimum atomic E-state index is -0.133. The third-order valence-corrected chi connectivity index (χ3v) is 3.43. The van der Waals surface area contributed by atoms with Gasteiger partial charge in [0.2, 0.25) is 5.78 Å². The smallest absolute Gasteiger partial charge is 0.215 e. The van der Waals surface area contributed by atoms with Crippen molar-refractivity contribution in [1.82, 2.24) is 4.98 Å². The van der Waals surface area contributed by atoms with Gasteiger partial charge in [0.1, 0.15) is 16.5 Å². The molecule has 0 bridgehead atoms. The van der Waals surface area contributed by atoms with Gasteiger partial charge in [-0.05, 0) is 19.1 Å². The van der Waals surface area contributed by atoms with Gasteiger partial charge in [0.25, 0.3) is 0 Å². The number of rotatable bonds is 4. The topological polar surface area (TPSA) is 65.2 Å². The predicted octanol–water partition coefficient (Wildman–Crippen LogP) is 2.15. The number of aryl methyl sites for hydroxylation is 1. The van der Waals surface area contributed by atoms with E-state index in [1.165, 1.54) is 11.3 Å². The summed E-state index contributed by atoms with van der Waals surface area (Å²) in [5, 5.41) is 2.48. The Morgan fingerprint density at radius 2 is 2.28 bits per heavy atom. The van der Waals surface area contributed by atoms with Gasteiger partial charge in [0.05, 0.1) is 12.7 Å². The van der Waals surface area contributed by atoms with Gasteiger partial charge in [-0.2, -0.15) is 0 Å². The van der Waals surface area contributed by atoms with E-state index < -0.39 is 0 Å². The lowest BCUT2D eigenvalue weighted by Crippen LogP contribution is -2.06. The number of ether oxygens (including phenoxy) is 1. The van der Waals surface area contributed by atoms with E-state index in [2.05, 4.69) is 4.98 Å². The maximum absolute atomic E-state index is 12.3. The van der Waals surface area contributed by atoms with Crippen LogP contribution in [0.3, 0.4) is 0 Å². The third kappa shape index (κ3) is 2.42. The number of ketones is 1. The van der Waals surface area contributed by atoms with E-state index in [-0.39, 0.29) is 5.78 Å². The number of hydrogen-bond acceptors (Lipinski definition) is 5. The molecular weight excluding hydrogens is 248 g/mol. The van der Waals surface area contributed by atoms with Crippen LogP contribution < -0.4 is 10.5 Å². The normalized spacial score (nSPS) is 10.4. The van der Waals surface area contributed by atoms with Gasteiger partial charge in [0.15, 0.2) is 0 Å². The number of carbonyl (C=O) groups excluding carboxylic acids is 1. The monoisotopic (exact) mass is 262 g/mol. The van der Waals surface area contributed by atoms with Gasteiger partial charge >= 0.3 is 0 Å². The van der Waals surface area contributed by atoms with Gasteiger partial charge < -0.3 is 10.5 Å². The molecule has 0 atom stereocenters.